The lowest BCUT2D eigenvalue weighted by atomic mass is 10.2. The minimum absolute atomic E-state index is 0.0413. The summed E-state index contributed by atoms with van der Waals surface area (Å²) >= 11 is 0. The molecule has 1 aromatic carbocycles. The molecule has 0 fully saturated rings. The number of carbonyl (C=O) groups is 1. The van der Waals surface area contributed by atoms with E-state index in [4.69, 9.17) is 0 Å². The van der Waals surface area contributed by atoms with E-state index in [-0.39, 0.29) is 5.91 Å². The van der Waals surface area contributed by atoms with Gasteiger partial charge in [0.15, 0.2) is 0 Å². The molecule has 0 spiro atoms. The third-order valence-corrected chi connectivity index (χ3v) is 3.34. The van der Waals surface area contributed by atoms with Crippen LogP contribution >= 0.6 is 0 Å². The molecule has 1 amide bonds. The number of hydrogen-bond acceptors (Lipinski definition) is 2. The van der Waals surface area contributed by atoms with Crippen LogP contribution in [0.5, 0.6) is 0 Å². The zero-order chi connectivity index (χ0) is 12.5. The highest BCUT2D eigenvalue weighted by Crippen LogP contribution is 2.28. The third kappa shape index (κ3) is 1.70. The number of aromatic nitrogens is 2. The van der Waals surface area contributed by atoms with E-state index in [0.29, 0.717) is 5.56 Å². The van der Waals surface area contributed by atoms with E-state index in [9.17, 15) is 4.79 Å². The molecule has 1 aromatic heterocycles. The minimum Gasteiger partial charge on any atom is -0.308 e. The summed E-state index contributed by atoms with van der Waals surface area (Å²) in [6, 6.07) is 8.07. The van der Waals surface area contributed by atoms with Crippen molar-refractivity contribution in [2.75, 3.05) is 11.4 Å². The van der Waals surface area contributed by atoms with E-state index in [1.54, 1.807) is 10.9 Å². The molecule has 2 heterocycles. The molecule has 1 aliphatic heterocycles. The molecule has 0 aliphatic carbocycles. The van der Waals surface area contributed by atoms with E-state index in [1.807, 2.05) is 36.2 Å². The molecule has 3 rings (SSSR count). The second-order valence-electron chi connectivity index (χ2n) is 4.42. The summed E-state index contributed by atoms with van der Waals surface area (Å²) in [5, 5.41) is 4.15. The maximum atomic E-state index is 12.4. The third-order valence-electron chi connectivity index (χ3n) is 3.34. The van der Waals surface area contributed by atoms with Crippen molar-refractivity contribution < 1.29 is 4.79 Å². The summed E-state index contributed by atoms with van der Waals surface area (Å²) in [4.78, 5) is 14.3. The van der Waals surface area contributed by atoms with Crippen LogP contribution in [0.15, 0.2) is 36.7 Å². The fourth-order valence-electron chi connectivity index (χ4n) is 2.35. The van der Waals surface area contributed by atoms with Gasteiger partial charge in [-0.2, -0.15) is 5.10 Å². The number of fused-ring (bicyclic) bond motifs is 1. The quantitative estimate of drug-likeness (QED) is 0.807. The van der Waals surface area contributed by atoms with E-state index in [2.05, 4.69) is 11.2 Å². The summed E-state index contributed by atoms with van der Waals surface area (Å²) < 4.78 is 1.77. The van der Waals surface area contributed by atoms with E-state index in [1.165, 1.54) is 5.56 Å². The summed E-state index contributed by atoms with van der Waals surface area (Å²) in [5.74, 6) is 0.0413. The number of nitrogens with zero attached hydrogens (tertiary/aromatic N) is 3. The van der Waals surface area contributed by atoms with Gasteiger partial charge in [-0.3, -0.25) is 9.48 Å². The Kier molecular flexibility index (Phi) is 2.63. The lowest BCUT2D eigenvalue weighted by molar-refractivity contribution is 0.0989. The monoisotopic (exact) mass is 241 g/mol. The smallest absolute Gasteiger partial charge is 0.261 e. The summed E-state index contributed by atoms with van der Waals surface area (Å²) in [5.41, 5.74) is 2.94. The first-order valence-electron chi connectivity index (χ1n) is 6.22. The average molecular weight is 241 g/mol. The van der Waals surface area contributed by atoms with Crippen molar-refractivity contribution in [2.45, 2.75) is 19.9 Å². The van der Waals surface area contributed by atoms with Crippen molar-refractivity contribution in [2.24, 2.45) is 0 Å². The highest BCUT2D eigenvalue weighted by atomic mass is 16.2. The SMILES string of the molecule is CCn1cc(C(=O)N2CCc3ccccc32)cn1. The standard InChI is InChI=1S/C14H15N3O/c1-2-16-10-12(9-15-16)14(18)17-8-7-11-5-3-4-6-13(11)17/h3-6,9-10H,2,7-8H2,1H3. The molecule has 0 saturated heterocycles. The average Bonchev–Trinajstić information content (AvgIpc) is 3.04. The number of hydrogen-bond donors (Lipinski definition) is 0. The zero-order valence-electron chi connectivity index (χ0n) is 10.3. The zero-order valence-corrected chi connectivity index (χ0v) is 10.3. The molecule has 0 saturated carbocycles. The van der Waals surface area contributed by atoms with Crippen LogP contribution in [-0.2, 0) is 13.0 Å². The maximum Gasteiger partial charge on any atom is 0.261 e. The van der Waals surface area contributed by atoms with Crippen LogP contribution in [0, 0.1) is 0 Å². The molecule has 0 unspecified atom stereocenters. The molecule has 0 N–H and O–H groups in total. The van der Waals surface area contributed by atoms with Gasteiger partial charge in [0.2, 0.25) is 0 Å². The van der Waals surface area contributed by atoms with Crippen LogP contribution in [0.25, 0.3) is 0 Å². The number of carbonyl (C=O) groups excluding carboxylic acids is 1. The minimum atomic E-state index is 0.0413. The van der Waals surface area contributed by atoms with Gasteiger partial charge in [0.05, 0.1) is 11.8 Å². The molecule has 0 atom stereocenters. The summed E-state index contributed by atoms with van der Waals surface area (Å²) in [7, 11) is 0. The molecule has 92 valence electrons. The van der Waals surface area contributed by atoms with Crippen LogP contribution < -0.4 is 4.90 Å². The fourth-order valence-corrected chi connectivity index (χ4v) is 2.35. The van der Waals surface area contributed by atoms with Crippen molar-refractivity contribution in [3.63, 3.8) is 0 Å². The molecule has 2 aromatic rings. The van der Waals surface area contributed by atoms with Crippen LogP contribution in [0.4, 0.5) is 5.69 Å². The Balaban J connectivity index is 1.90. The Bertz CT molecular complexity index is 588. The Morgan fingerprint density at radius 2 is 2.22 bits per heavy atom. The fraction of sp³-hybridized carbons (Fsp3) is 0.286. The molecule has 4 nitrogen and oxygen atoms in total. The van der Waals surface area contributed by atoms with Crippen molar-refractivity contribution in [3.8, 4) is 0 Å². The van der Waals surface area contributed by atoms with Gasteiger partial charge in [-0.1, -0.05) is 18.2 Å². The Hall–Kier alpha value is -2.10. The first-order valence-corrected chi connectivity index (χ1v) is 6.22. The van der Waals surface area contributed by atoms with Gasteiger partial charge >= 0.3 is 0 Å². The second kappa shape index (κ2) is 4.29. The number of anilines is 1. The lowest BCUT2D eigenvalue weighted by Gasteiger charge is -2.15. The number of aryl methyl sites for hydroxylation is 1. The van der Waals surface area contributed by atoms with Gasteiger partial charge < -0.3 is 4.90 Å². The Labute approximate surface area is 106 Å². The Morgan fingerprint density at radius 1 is 1.39 bits per heavy atom. The molecule has 0 radical (unpaired) electrons. The lowest BCUT2D eigenvalue weighted by Crippen LogP contribution is -2.28. The normalized spacial score (nSPS) is 13.7. The van der Waals surface area contributed by atoms with Crippen LogP contribution in [0.1, 0.15) is 22.8 Å². The van der Waals surface area contributed by atoms with Crippen molar-refractivity contribution in [3.05, 3.63) is 47.8 Å². The highest BCUT2D eigenvalue weighted by Gasteiger charge is 2.25. The van der Waals surface area contributed by atoms with Gasteiger partial charge in [0.1, 0.15) is 0 Å². The summed E-state index contributed by atoms with van der Waals surface area (Å²) in [6.07, 6.45) is 4.39. The largest absolute Gasteiger partial charge is 0.308 e. The first-order chi connectivity index (χ1) is 8.79. The van der Waals surface area contributed by atoms with E-state index >= 15 is 0 Å². The molecule has 1 aliphatic rings. The van der Waals surface area contributed by atoms with Gasteiger partial charge in [-0.25, -0.2) is 0 Å². The van der Waals surface area contributed by atoms with Gasteiger partial charge in [0.25, 0.3) is 5.91 Å². The number of rotatable bonds is 2. The molecule has 0 bridgehead atoms. The van der Waals surface area contributed by atoms with Crippen LogP contribution in [0.3, 0.4) is 0 Å². The van der Waals surface area contributed by atoms with Crippen LogP contribution in [-0.4, -0.2) is 22.2 Å². The summed E-state index contributed by atoms with van der Waals surface area (Å²) in [6.45, 7) is 3.55. The molecule has 18 heavy (non-hydrogen) atoms. The van der Waals surface area contributed by atoms with Gasteiger partial charge in [0, 0.05) is 25.0 Å². The van der Waals surface area contributed by atoms with Gasteiger partial charge in [-0.15, -0.1) is 0 Å². The van der Waals surface area contributed by atoms with Crippen molar-refractivity contribution >= 4 is 11.6 Å². The maximum absolute atomic E-state index is 12.4. The predicted octanol–water partition coefficient (Wildman–Crippen LogP) is 2.11. The van der Waals surface area contributed by atoms with Crippen LogP contribution in [0.2, 0.25) is 0 Å². The predicted molar refractivity (Wildman–Crippen MR) is 69.7 cm³/mol. The van der Waals surface area contributed by atoms with Crippen molar-refractivity contribution in [1.82, 2.24) is 9.78 Å². The molecular formula is C14H15N3O. The number of para-hydroxylation sites is 1. The number of benzene rings is 1. The number of amides is 1. The topological polar surface area (TPSA) is 38.1 Å². The van der Waals surface area contributed by atoms with E-state index < -0.39 is 0 Å². The second-order valence-corrected chi connectivity index (χ2v) is 4.42. The van der Waals surface area contributed by atoms with E-state index in [0.717, 1.165) is 25.2 Å². The highest BCUT2D eigenvalue weighted by molar-refractivity contribution is 6.06. The van der Waals surface area contributed by atoms with Gasteiger partial charge in [-0.05, 0) is 25.0 Å². The molecular weight excluding hydrogens is 226 g/mol. The molecule has 4 heteroatoms. The first kappa shape index (κ1) is 11.0. The van der Waals surface area contributed by atoms with Crippen molar-refractivity contribution in [1.29, 1.82) is 0 Å². The Morgan fingerprint density at radius 3 is 3.00 bits per heavy atom.